The van der Waals surface area contributed by atoms with Crippen LogP contribution < -0.4 is 0 Å². The third-order valence-electron chi connectivity index (χ3n) is 8.47. The molecule has 124 valence electrons. The second kappa shape index (κ2) is 6.25. The van der Waals surface area contributed by atoms with E-state index in [2.05, 4.69) is 41.5 Å². The molecule has 2 saturated carbocycles. The topological polar surface area (TPSA) is 0 Å². The van der Waals surface area contributed by atoms with Crippen molar-refractivity contribution in [2.24, 2.45) is 28.1 Å². The van der Waals surface area contributed by atoms with Crippen LogP contribution in [-0.4, -0.2) is 0 Å². The molecule has 2 aliphatic rings. The van der Waals surface area contributed by atoms with Gasteiger partial charge >= 0.3 is 0 Å². The van der Waals surface area contributed by atoms with Crippen molar-refractivity contribution in [3.63, 3.8) is 0 Å². The first-order valence-corrected chi connectivity index (χ1v) is 9.71. The van der Waals surface area contributed by atoms with Gasteiger partial charge in [-0.2, -0.15) is 0 Å². The lowest BCUT2D eigenvalue weighted by molar-refractivity contribution is -0.102. The Balaban J connectivity index is 2.20. The van der Waals surface area contributed by atoms with Gasteiger partial charge in [-0.15, -0.1) is 0 Å². The van der Waals surface area contributed by atoms with Gasteiger partial charge in [-0.25, -0.2) is 0 Å². The predicted molar refractivity (Wildman–Crippen MR) is 94.5 cm³/mol. The predicted octanol–water partition coefficient (Wildman–Crippen LogP) is 7.23. The van der Waals surface area contributed by atoms with Gasteiger partial charge in [0.25, 0.3) is 0 Å². The molecule has 0 heteroatoms. The molecule has 0 atom stereocenters. The van der Waals surface area contributed by atoms with Crippen LogP contribution in [0.25, 0.3) is 0 Å². The molecule has 0 radical (unpaired) electrons. The van der Waals surface area contributed by atoms with Crippen LogP contribution in [-0.2, 0) is 0 Å². The van der Waals surface area contributed by atoms with Crippen molar-refractivity contribution >= 4 is 0 Å². The zero-order valence-corrected chi connectivity index (χ0v) is 15.7. The highest BCUT2D eigenvalue weighted by Gasteiger charge is 2.53. The van der Waals surface area contributed by atoms with Crippen molar-refractivity contribution in [2.75, 3.05) is 0 Å². The number of rotatable bonds is 4. The van der Waals surface area contributed by atoms with E-state index in [-0.39, 0.29) is 0 Å². The van der Waals surface area contributed by atoms with Crippen LogP contribution in [0.3, 0.4) is 0 Å². The van der Waals surface area contributed by atoms with Crippen LogP contribution in [0, 0.1) is 28.1 Å². The Kier molecular flexibility index (Phi) is 5.16. The quantitative estimate of drug-likeness (QED) is 0.513. The van der Waals surface area contributed by atoms with Crippen LogP contribution in [0.4, 0.5) is 0 Å². The molecule has 0 heterocycles. The average Bonchev–Trinajstić information content (AvgIpc) is 2.48. The maximum absolute atomic E-state index is 2.59. The van der Waals surface area contributed by atoms with E-state index in [0.29, 0.717) is 16.2 Å². The summed E-state index contributed by atoms with van der Waals surface area (Å²) in [4.78, 5) is 0. The van der Waals surface area contributed by atoms with Gasteiger partial charge in [0.05, 0.1) is 0 Å². The van der Waals surface area contributed by atoms with Crippen molar-refractivity contribution in [3.8, 4) is 0 Å². The highest BCUT2D eigenvalue weighted by Crippen LogP contribution is 2.61. The smallest absolute Gasteiger partial charge is 0.0246 e. The summed E-state index contributed by atoms with van der Waals surface area (Å²) in [6.45, 7) is 15.6. The molecule has 2 aliphatic carbocycles. The summed E-state index contributed by atoms with van der Waals surface area (Å²) in [5.41, 5.74) is 1.31. The van der Waals surface area contributed by atoms with Crippen molar-refractivity contribution in [3.05, 3.63) is 0 Å². The van der Waals surface area contributed by atoms with E-state index < -0.39 is 0 Å². The minimum Gasteiger partial charge on any atom is -0.0591 e. The molecule has 0 aromatic rings. The standard InChI is InChI=1S/C21H40/c1-19(2,17-13-9-7-10-14-17)21(5,6)20(3,4)18-15-11-8-12-16-18/h17-18H,7-16H2,1-6H3. The normalized spacial score (nSPS) is 24.3. The van der Waals surface area contributed by atoms with Gasteiger partial charge in [0.15, 0.2) is 0 Å². The first-order chi connectivity index (χ1) is 9.71. The van der Waals surface area contributed by atoms with E-state index >= 15 is 0 Å². The summed E-state index contributed by atoms with van der Waals surface area (Å²) in [5.74, 6) is 1.87. The monoisotopic (exact) mass is 292 g/mol. The molecule has 2 rings (SSSR count). The molecule has 0 bridgehead atoms. The highest BCUT2D eigenvalue weighted by atomic mass is 14.6. The number of hydrogen-bond acceptors (Lipinski definition) is 0. The van der Waals surface area contributed by atoms with E-state index in [1.165, 1.54) is 64.2 Å². The molecule has 2 fully saturated rings. The van der Waals surface area contributed by atoms with Gasteiger partial charge in [0.1, 0.15) is 0 Å². The van der Waals surface area contributed by atoms with Gasteiger partial charge < -0.3 is 0 Å². The molecule has 0 nitrogen and oxygen atoms in total. The van der Waals surface area contributed by atoms with Gasteiger partial charge in [-0.05, 0) is 53.8 Å². The summed E-state index contributed by atoms with van der Waals surface area (Å²) in [6, 6.07) is 0. The zero-order chi connectivity index (χ0) is 15.7. The molecule has 0 amide bonds. The van der Waals surface area contributed by atoms with Gasteiger partial charge in [0, 0.05) is 0 Å². The zero-order valence-electron chi connectivity index (χ0n) is 15.7. The van der Waals surface area contributed by atoms with Gasteiger partial charge in [-0.3, -0.25) is 0 Å². The van der Waals surface area contributed by atoms with E-state index in [1.54, 1.807) is 0 Å². The largest absolute Gasteiger partial charge is 0.0591 e. The fourth-order valence-corrected chi connectivity index (χ4v) is 5.50. The fraction of sp³-hybridized carbons (Fsp3) is 1.00. The van der Waals surface area contributed by atoms with E-state index in [1.807, 2.05) is 0 Å². The molecular weight excluding hydrogens is 252 g/mol. The Morgan fingerprint density at radius 3 is 1.05 bits per heavy atom. The lowest BCUT2D eigenvalue weighted by atomic mass is 9.46. The van der Waals surface area contributed by atoms with Crippen molar-refractivity contribution < 1.29 is 0 Å². The second-order valence-electron chi connectivity index (χ2n) is 9.74. The maximum Gasteiger partial charge on any atom is -0.0246 e. The minimum atomic E-state index is 0.407. The molecule has 0 spiro atoms. The molecule has 0 unspecified atom stereocenters. The van der Waals surface area contributed by atoms with Gasteiger partial charge in [0.2, 0.25) is 0 Å². The van der Waals surface area contributed by atoms with Gasteiger partial charge in [-0.1, -0.05) is 80.1 Å². The van der Waals surface area contributed by atoms with Crippen molar-refractivity contribution in [1.82, 2.24) is 0 Å². The third-order valence-corrected chi connectivity index (χ3v) is 8.47. The molecule has 21 heavy (non-hydrogen) atoms. The molecule has 0 aliphatic heterocycles. The summed E-state index contributed by atoms with van der Waals surface area (Å²) in [7, 11) is 0. The summed E-state index contributed by atoms with van der Waals surface area (Å²) < 4.78 is 0. The van der Waals surface area contributed by atoms with Crippen LogP contribution in [0.1, 0.15) is 106 Å². The first kappa shape index (κ1) is 17.4. The van der Waals surface area contributed by atoms with E-state index in [9.17, 15) is 0 Å². The van der Waals surface area contributed by atoms with E-state index in [0.717, 1.165) is 11.8 Å². The second-order valence-corrected chi connectivity index (χ2v) is 9.74. The fourth-order valence-electron chi connectivity index (χ4n) is 5.50. The first-order valence-electron chi connectivity index (χ1n) is 9.71. The Labute approximate surface area is 134 Å². The Bertz CT molecular complexity index is 290. The minimum absolute atomic E-state index is 0.407. The molecule has 0 N–H and O–H groups in total. The van der Waals surface area contributed by atoms with E-state index in [4.69, 9.17) is 0 Å². The van der Waals surface area contributed by atoms with Crippen LogP contribution >= 0.6 is 0 Å². The molecule has 0 aromatic carbocycles. The van der Waals surface area contributed by atoms with Crippen LogP contribution in [0.2, 0.25) is 0 Å². The lowest BCUT2D eigenvalue weighted by Gasteiger charge is -2.59. The molecular formula is C21H40. The number of hydrogen-bond donors (Lipinski definition) is 0. The Hall–Kier alpha value is 0. The molecule has 0 aromatic heterocycles. The van der Waals surface area contributed by atoms with Crippen molar-refractivity contribution in [2.45, 2.75) is 106 Å². The Morgan fingerprint density at radius 1 is 0.476 bits per heavy atom. The van der Waals surface area contributed by atoms with Crippen molar-refractivity contribution in [1.29, 1.82) is 0 Å². The lowest BCUT2D eigenvalue weighted by Crippen LogP contribution is -2.52. The van der Waals surface area contributed by atoms with Crippen LogP contribution in [0.15, 0.2) is 0 Å². The Morgan fingerprint density at radius 2 is 0.762 bits per heavy atom. The average molecular weight is 293 g/mol. The maximum atomic E-state index is 2.59. The summed E-state index contributed by atoms with van der Waals surface area (Å²) >= 11 is 0. The molecule has 0 saturated heterocycles. The third kappa shape index (κ3) is 3.06. The summed E-state index contributed by atoms with van der Waals surface area (Å²) in [5, 5.41) is 0. The summed E-state index contributed by atoms with van der Waals surface area (Å²) in [6.07, 6.45) is 14.7. The SMILES string of the molecule is CC(C)(C1CCCCC1)C(C)(C)C(C)(C)C1CCCCC1. The van der Waals surface area contributed by atoms with Crippen LogP contribution in [0.5, 0.6) is 0 Å². The highest BCUT2D eigenvalue weighted by molar-refractivity contribution is 5.02.